The summed E-state index contributed by atoms with van der Waals surface area (Å²) >= 11 is 0. The molecule has 2 rings (SSSR count). The molecule has 0 N–H and O–H groups in total. The number of hydrogen-bond donors (Lipinski definition) is 0. The van der Waals surface area contributed by atoms with E-state index in [0.29, 0.717) is 0 Å². The van der Waals surface area contributed by atoms with Crippen molar-refractivity contribution >= 4 is 0 Å². The fraction of sp³-hybridized carbons (Fsp3) is 0.857. The van der Waals surface area contributed by atoms with Gasteiger partial charge in [0.25, 0.3) is 0 Å². The van der Waals surface area contributed by atoms with Crippen molar-refractivity contribution < 1.29 is 4.74 Å². The molecule has 0 aromatic heterocycles. The molecule has 1 heteroatoms. The summed E-state index contributed by atoms with van der Waals surface area (Å²) in [4.78, 5) is 0. The summed E-state index contributed by atoms with van der Waals surface area (Å²) in [6.45, 7) is 0.992. The van der Waals surface area contributed by atoms with E-state index in [1.165, 1.54) is 31.8 Å². The molecule has 1 heterocycles. The summed E-state index contributed by atoms with van der Waals surface area (Å²) < 4.78 is 5.39. The lowest BCUT2D eigenvalue weighted by atomic mass is 9.77. The Kier molecular flexibility index (Phi) is 1.04. The molecule has 45 valence electrons. The summed E-state index contributed by atoms with van der Waals surface area (Å²) in [7, 11) is 0. The molecule has 2 fully saturated rings. The van der Waals surface area contributed by atoms with E-state index in [9.17, 15) is 0 Å². The molecule has 0 spiro atoms. The van der Waals surface area contributed by atoms with Gasteiger partial charge in [-0.1, -0.05) is 0 Å². The monoisotopic (exact) mass is 111 g/mol. The molecule has 1 saturated carbocycles. The summed E-state index contributed by atoms with van der Waals surface area (Å²) in [5, 5.41) is 0. The van der Waals surface area contributed by atoms with Gasteiger partial charge in [-0.3, -0.25) is 0 Å². The first-order valence-corrected chi connectivity index (χ1v) is 3.45. The molecule has 1 unspecified atom stereocenters. The molecule has 1 radical (unpaired) electrons. The SMILES string of the molecule is C1CO[C]2CCC2C1. The lowest BCUT2D eigenvalue weighted by molar-refractivity contribution is 0.00471. The van der Waals surface area contributed by atoms with Gasteiger partial charge in [0.2, 0.25) is 0 Å². The largest absolute Gasteiger partial charge is 0.372 e. The highest BCUT2D eigenvalue weighted by molar-refractivity contribution is 4.99. The zero-order chi connectivity index (χ0) is 5.40. The summed E-state index contributed by atoms with van der Waals surface area (Å²) in [5.41, 5.74) is 0. The Morgan fingerprint density at radius 2 is 2.38 bits per heavy atom. The van der Waals surface area contributed by atoms with Gasteiger partial charge in [0.05, 0.1) is 0 Å². The maximum absolute atomic E-state index is 5.39. The molecule has 1 saturated heterocycles. The van der Waals surface area contributed by atoms with Crippen LogP contribution < -0.4 is 0 Å². The van der Waals surface area contributed by atoms with Crippen molar-refractivity contribution in [3.8, 4) is 0 Å². The van der Waals surface area contributed by atoms with Crippen molar-refractivity contribution in [2.75, 3.05) is 6.61 Å². The Balaban J connectivity index is 1.92. The first-order valence-electron chi connectivity index (χ1n) is 3.45. The van der Waals surface area contributed by atoms with E-state index in [2.05, 4.69) is 0 Å². The third-order valence-electron chi connectivity index (χ3n) is 2.18. The maximum atomic E-state index is 5.39. The number of rotatable bonds is 0. The van der Waals surface area contributed by atoms with E-state index in [1.54, 1.807) is 0 Å². The van der Waals surface area contributed by atoms with E-state index in [-0.39, 0.29) is 0 Å². The van der Waals surface area contributed by atoms with Gasteiger partial charge < -0.3 is 4.74 Å². The molecule has 1 aliphatic heterocycles. The summed E-state index contributed by atoms with van der Waals surface area (Å²) in [6, 6.07) is 0. The van der Waals surface area contributed by atoms with Crippen molar-refractivity contribution in [3.63, 3.8) is 0 Å². The molecule has 1 aliphatic carbocycles. The highest BCUT2D eigenvalue weighted by atomic mass is 16.5. The van der Waals surface area contributed by atoms with Crippen LogP contribution in [-0.4, -0.2) is 6.61 Å². The van der Waals surface area contributed by atoms with Crippen LogP contribution >= 0.6 is 0 Å². The van der Waals surface area contributed by atoms with Crippen molar-refractivity contribution in [2.45, 2.75) is 25.7 Å². The van der Waals surface area contributed by atoms with Crippen LogP contribution in [0.1, 0.15) is 25.7 Å². The average Bonchev–Trinajstić information content (AvgIpc) is 1.72. The lowest BCUT2D eigenvalue weighted by Gasteiger charge is -2.38. The third-order valence-corrected chi connectivity index (χ3v) is 2.18. The van der Waals surface area contributed by atoms with E-state index in [4.69, 9.17) is 4.74 Å². The zero-order valence-corrected chi connectivity index (χ0v) is 5.02. The van der Waals surface area contributed by atoms with Crippen LogP contribution in [0.2, 0.25) is 0 Å². The number of hydrogen-bond acceptors (Lipinski definition) is 1. The van der Waals surface area contributed by atoms with Crippen LogP contribution in [0.15, 0.2) is 0 Å². The summed E-state index contributed by atoms with van der Waals surface area (Å²) in [6.07, 6.45) is 6.74. The molecule has 0 bridgehead atoms. The Morgan fingerprint density at radius 1 is 1.38 bits per heavy atom. The van der Waals surface area contributed by atoms with Gasteiger partial charge in [0.1, 0.15) is 6.10 Å². The fourth-order valence-electron chi connectivity index (χ4n) is 1.49. The highest BCUT2D eigenvalue weighted by Crippen LogP contribution is 2.42. The Labute approximate surface area is 50.0 Å². The topological polar surface area (TPSA) is 9.23 Å². The van der Waals surface area contributed by atoms with Crippen molar-refractivity contribution in [1.82, 2.24) is 0 Å². The second kappa shape index (κ2) is 1.73. The van der Waals surface area contributed by atoms with Crippen molar-refractivity contribution in [3.05, 3.63) is 6.10 Å². The van der Waals surface area contributed by atoms with Gasteiger partial charge in [-0.05, 0) is 31.6 Å². The normalized spacial score (nSPS) is 38.2. The van der Waals surface area contributed by atoms with E-state index >= 15 is 0 Å². The quantitative estimate of drug-likeness (QED) is 0.462. The molecular formula is C7H11O. The van der Waals surface area contributed by atoms with Crippen LogP contribution in [0.25, 0.3) is 0 Å². The lowest BCUT2D eigenvalue weighted by Crippen LogP contribution is -2.30. The number of ether oxygens (including phenoxy) is 1. The molecule has 0 aromatic rings. The first kappa shape index (κ1) is 4.80. The molecule has 8 heavy (non-hydrogen) atoms. The van der Waals surface area contributed by atoms with E-state index in [0.717, 1.165) is 12.5 Å². The number of fused-ring (bicyclic) bond motifs is 1. The van der Waals surface area contributed by atoms with Gasteiger partial charge in [-0.25, -0.2) is 0 Å². The van der Waals surface area contributed by atoms with Crippen LogP contribution in [0, 0.1) is 12.0 Å². The van der Waals surface area contributed by atoms with Gasteiger partial charge in [0.15, 0.2) is 0 Å². The van der Waals surface area contributed by atoms with Gasteiger partial charge in [-0.15, -0.1) is 0 Å². The van der Waals surface area contributed by atoms with E-state index in [1.807, 2.05) is 0 Å². The Morgan fingerprint density at radius 3 is 2.75 bits per heavy atom. The minimum absolute atomic E-state index is 0.878. The van der Waals surface area contributed by atoms with Crippen LogP contribution in [0.4, 0.5) is 0 Å². The molecule has 0 aromatic carbocycles. The predicted octanol–water partition coefficient (Wildman–Crippen LogP) is 1.74. The highest BCUT2D eigenvalue weighted by Gasteiger charge is 2.34. The smallest absolute Gasteiger partial charge is 0.100 e. The van der Waals surface area contributed by atoms with Crippen LogP contribution in [0.3, 0.4) is 0 Å². The minimum Gasteiger partial charge on any atom is -0.372 e. The fourth-order valence-corrected chi connectivity index (χ4v) is 1.49. The van der Waals surface area contributed by atoms with Gasteiger partial charge in [0, 0.05) is 6.61 Å². The van der Waals surface area contributed by atoms with E-state index < -0.39 is 0 Å². The van der Waals surface area contributed by atoms with Crippen molar-refractivity contribution in [1.29, 1.82) is 0 Å². The van der Waals surface area contributed by atoms with Crippen LogP contribution in [0.5, 0.6) is 0 Å². The maximum Gasteiger partial charge on any atom is 0.100 e. The molecular weight excluding hydrogens is 100 g/mol. The van der Waals surface area contributed by atoms with Crippen LogP contribution in [-0.2, 0) is 4.74 Å². The molecule has 2 aliphatic rings. The molecule has 0 amide bonds. The minimum atomic E-state index is 0.878. The first-order chi connectivity index (χ1) is 3.97. The average molecular weight is 111 g/mol. The zero-order valence-electron chi connectivity index (χ0n) is 5.02. The van der Waals surface area contributed by atoms with Gasteiger partial charge in [-0.2, -0.15) is 0 Å². The standard InChI is InChI=1S/C7H11O/c1-2-6-3-4-7(6)8-5-1/h6H,1-5H2. The second-order valence-electron chi connectivity index (χ2n) is 2.69. The van der Waals surface area contributed by atoms with Crippen molar-refractivity contribution in [2.24, 2.45) is 5.92 Å². The van der Waals surface area contributed by atoms with Gasteiger partial charge >= 0.3 is 0 Å². The predicted molar refractivity (Wildman–Crippen MR) is 31.2 cm³/mol. The third kappa shape index (κ3) is 0.576. The Hall–Kier alpha value is -0.0400. The second-order valence-corrected chi connectivity index (χ2v) is 2.69. The molecule has 1 atom stereocenters. The Bertz CT molecular complexity index is 78.4. The summed E-state index contributed by atoms with van der Waals surface area (Å²) in [5.74, 6) is 0.878. The molecule has 1 nitrogen and oxygen atoms in total.